The third-order valence-corrected chi connectivity index (χ3v) is 6.84. The van der Waals surface area contributed by atoms with Crippen LogP contribution in [-0.4, -0.2) is 57.8 Å². The van der Waals surface area contributed by atoms with Gasteiger partial charge >= 0.3 is 0 Å². The van der Waals surface area contributed by atoms with E-state index in [1.54, 1.807) is 25.1 Å². The molecule has 1 aliphatic heterocycles. The number of carbonyl (C=O) groups is 2. The van der Waals surface area contributed by atoms with Gasteiger partial charge in [0, 0.05) is 32.6 Å². The first-order valence-electron chi connectivity index (χ1n) is 11.0. The minimum atomic E-state index is -3.59. The fraction of sp³-hybridized carbons (Fsp3) is 0.417. The topological polar surface area (TPSA) is 105 Å². The number of benzene rings is 2. The lowest BCUT2D eigenvalue weighted by molar-refractivity contribution is -0.140. The van der Waals surface area contributed by atoms with Gasteiger partial charge in [0.15, 0.2) is 11.5 Å². The van der Waals surface area contributed by atoms with Crippen LogP contribution < -0.4 is 19.1 Å². The first-order chi connectivity index (χ1) is 16.1. The molecule has 1 heterocycles. The van der Waals surface area contributed by atoms with Gasteiger partial charge in [0.05, 0.1) is 11.9 Å². The maximum atomic E-state index is 13.2. The van der Waals surface area contributed by atoms with Gasteiger partial charge in [-0.1, -0.05) is 29.8 Å². The predicted octanol–water partition coefficient (Wildman–Crippen LogP) is 2.43. The molecule has 0 fully saturated rings. The van der Waals surface area contributed by atoms with Gasteiger partial charge in [0.2, 0.25) is 28.6 Å². The molecule has 34 heavy (non-hydrogen) atoms. The van der Waals surface area contributed by atoms with E-state index in [0.29, 0.717) is 17.2 Å². The number of carbonyl (C=O) groups excluding carboxylic acids is 2. The van der Waals surface area contributed by atoms with E-state index < -0.39 is 16.1 Å². The molecule has 2 aromatic carbocycles. The summed E-state index contributed by atoms with van der Waals surface area (Å²) < 4.78 is 36.8. The number of fused-ring (bicyclic) bond motifs is 1. The second-order valence-electron chi connectivity index (χ2n) is 8.28. The molecule has 3 rings (SSSR count). The number of nitrogens with one attached hydrogen (secondary N) is 1. The number of likely N-dealkylation sites (N-methyl/N-ethyl adjacent to an activating group) is 1. The molecule has 1 atom stereocenters. The molecule has 9 nitrogen and oxygen atoms in total. The third kappa shape index (κ3) is 6.19. The molecule has 184 valence electrons. The van der Waals surface area contributed by atoms with Gasteiger partial charge in [-0.3, -0.25) is 13.9 Å². The highest BCUT2D eigenvalue weighted by Crippen LogP contribution is 2.36. The van der Waals surface area contributed by atoms with Gasteiger partial charge in [-0.25, -0.2) is 8.42 Å². The lowest BCUT2D eigenvalue weighted by Crippen LogP contribution is -2.46. The highest BCUT2D eigenvalue weighted by molar-refractivity contribution is 7.92. The molecule has 1 N–H and O–H groups in total. The Bertz CT molecular complexity index is 1150. The second-order valence-corrected chi connectivity index (χ2v) is 10.2. The molecule has 0 radical (unpaired) electrons. The van der Waals surface area contributed by atoms with Crippen molar-refractivity contribution in [2.45, 2.75) is 39.3 Å². The first kappa shape index (κ1) is 25.4. The number of nitrogens with zero attached hydrogens (tertiary/aromatic N) is 2. The normalized spacial score (nSPS) is 13.3. The molecule has 0 unspecified atom stereocenters. The van der Waals surface area contributed by atoms with Gasteiger partial charge in [-0.15, -0.1) is 0 Å². The fourth-order valence-electron chi connectivity index (χ4n) is 3.84. The molecule has 0 aromatic heterocycles. The molecular formula is C24H31N3O6S. The summed E-state index contributed by atoms with van der Waals surface area (Å²) >= 11 is 0. The molecule has 10 heteroatoms. The molecule has 2 aromatic rings. The van der Waals surface area contributed by atoms with Gasteiger partial charge < -0.3 is 19.7 Å². The Labute approximate surface area is 200 Å². The van der Waals surface area contributed by atoms with Crippen LogP contribution >= 0.6 is 0 Å². The van der Waals surface area contributed by atoms with Crippen LogP contribution in [0.25, 0.3) is 0 Å². The number of anilines is 1. The zero-order valence-corrected chi connectivity index (χ0v) is 20.7. The summed E-state index contributed by atoms with van der Waals surface area (Å²) in [5.41, 5.74) is 2.42. The minimum absolute atomic E-state index is 0.0870. The largest absolute Gasteiger partial charge is 0.454 e. The number of rotatable bonds is 10. The van der Waals surface area contributed by atoms with Crippen LogP contribution in [0.4, 0.5) is 5.69 Å². The van der Waals surface area contributed by atoms with E-state index in [1.807, 2.05) is 31.2 Å². The van der Waals surface area contributed by atoms with Crippen molar-refractivity contribution in [1.29, 1.82) is 0 Å². The SMILES string of the molecule is CNC(=O)[C@@H](C)N(Cc1cccc(C)c1)C(=O)CCCN(c1ccc2c(c1)OCO2)S(C)(=O)=O. The van der Waals surface area contributed by atoms with Crippen LogP contribution in [0.15, 0.2) is 42.5 Å². The molecule has 0 spiro atoms. The Kier molecular flexibility index (Phi) is 8.03. The van der Waals surface area contributed by atoms with Crippen molar-refractivity contribution in [3.63, 3.8) is 0 Å². The monoisotopic (exact) mass is 489 g/mol. The summed E-state index contributed by atoms with van der Waals surface area (Å²) in [6, 6.07) is 12.0. The zero-order chi connectivity index (χ0) is 24.9. The van der Waals surface area contributed by atoms with Crippen molar-refractivity contribution in [2.24, 2.45) is 0 Å². The van der Waals surface area contributed by atoms with Crippen LogP contribution in [0.1, 0.15) is 30.9 Å². The van der Waals surface area contributed by atoms with E-state index in [9.17, 15) is 18.0 Å². The van der Waals surface area contributed by atoms with Crippen molar-refractivity contribution in [3.8, 4) is 11.5 Å². The molecule has 0 saturated heterocycles. The molecular weight excluding hydrogens is 458 g/mol. The van der Waals surface area contributed by atoms with Crippen LogP contribution in [0.3, 0.4) is 0 Å². The first-order valence-corrected chi connectivity index (χ1v) is 12.9. The maximum absolute atomic E-state index is 13.2. The van der Waals surface area contributed by atoms with E-state index in [4.69, 9.17) is 9.47 Å². The van der Waals surface area contributed by atoms with E-state index in [2.05, 4.69) is 5.32 Å². The van der Waals surface area contributed by atoms with E-state index in [-0.39, 0.29) is 44.5 Å². The minimum Gasteiger partial charge on any atom is -0.454 e. The van der Waals surface area contributed by atoms with Crippen LogP contribution in [0.5, 0.6) is 11.5 Å². The van der Waals surface area contributed by atoms with Crippen molar-refractivity contribution in [1.82, 2.24) is 10.2 Å². The summed E-state index contributed by atoms with van der Waals surface area (Å²) in [4.78, 5) is 27.0. The Morgan fingerprint density at radius 3 is 2.53 bits per heavy atom. The Morgan fingerprint density at radius 2 is 1.85 bits per heavy atom. The number of sulfonamides is 1. The van der Waals surface area contributed by atoms with E-state index >= 15 is 0 Å². The Hall–Kier alpha value is -3.27. The van der Waals surface area contributed by atoms with E-state index in [0.717, 1.165) is 17.4 Å². The smallest absolute Gasteiger partial charge is 0.242 e. The Morgan fingerprint density at radius 1 is 1.12 bits per heavy atom. The summed E-state index contributed by atoms with van der Waals surface area (Å²) in [5.74, 6) is 0.546. The number of aryl methyl sites for hydroxylation is 1. The fourth-order valence-corrected chi connectivity index (χ4v) is 4.80. The second kappa shape index (κ2) is 10.8. The summed E-state index contributed by atoms with van der Waals surface area (Å²) in [5, 5.41) is 2.59. The molecule has 1 aliphatic rings. The maximum Gasteiger partial charge on any atom is 0.242 e. The summed E-state index contributed by atoms with van der Waals surface area (Å²) in [6.07, 6.45) is 1.49. The van der Waals surface area contributed by atoms with Crippen molar-refractivity contribution >= 4 is 27.5 Å². The van der Waals surface area contributed by atoms with Crippen molar-refractivity contribution < 1.29 is 27.5 Å². The average molecular weight is 490 g/mol. The van der Waals surface area contributed by atoms with Crippen LogP contribution in [0.2, 0.25) is 0 Å². The number of amides is 2. The van der Waals surface area contributed by atoms with E-state index in [1.165, 1.54) is 16.3 Å². The lowest BCUT2D eigenvalue weighted by atomic mass is 10.1. The predicted molar refractivity (Wildman–Crippen MR) is 129 cm³/mol. The molecule has 2 amide bonds. The van der Waals surface area contributed by atoms with Gasteiger partial charge in [-0.05, 0) is 38.0 Å². The standard InChI is InChI=1S/C24H31N3O6S/c1-17-7-5-8-19(13-17)15-26(18(2)24(29)25-3)23(28)9-6-12-27(34(4,30)31)20-10-11-21-22(14-20)33-16-32-21/h5,7-8,10-11,13-14,18H,6,9,12,15-16H2,1-4H3,(H,25,29)/t18-/m1/s1. The summed E-state index contributed by atoms with van der Waals surface area (Å²) in [7, 11) is -2.06. The highest BCUT2D eigenvalue weighted by Gasteiger charge is 2.26. The zero-order valence-electron chi connectivity index (χ0n) is 19.9. The van der Waals surface area contributed by atoms with Crippen molar-refractivity contribution in [2.75, 3.05) is 30.9 Å². The van der Waals surface area contributed by atoms with Gasteiger partial charge in [0.25, 0.3) is 0 Å². The Balaban J connectivity index is 1.72. The number of ether oxygens (including phenoxy) is 2. The van der Waals surface area contributed by atoms with Crippen molar-refractivity contribution in [3.05, 3.63) is 53.6 Å². The number of hydrogen-bond acceptors (Lipinski definition) is 6. The summed E-state index contributed by atoms with van der Waals surface area (Å²) in [6.45, 7) is 4.13. The highest BCUT2D eigenvalue weighted by atomic mass is 32.2. The quantitative estimate of drug-likeness (QED) is 0.550. The number of hydrogen-bond donors (Lipinski definition) is 1. The molecule has 0 aliphatic carbocycles. The molecule has 0 saturated carbocycles. The van der Waals surface area contributed by atoms with Crippen LogP contribution in [0, 0.1) is 6.92 Å². The third-order valence-electron chi connectivity index (χ3n) is 5.65. The molecule has 0 bridgehead atoms. The average Bonchev–Trinajstić information content (AvgIpc) is 3.26. The van der Waals surface area contributed by atoms with Gasteiger partial charge in [0.1, 0.15) is 6.04 Å². The van der Waals surface area contributed by atoms with Gasteiger partial charge in [-0.2, -0.15) is 0 Å². The lowest BCUT2D eigenvalue weighted by Gasteiger charge is -2.29. The van der Waals surface area contributed by atoms with Crippen LogP contribution in [-0.2, 0) is 26.2 Å².